The van der Waals surface area contributed by atoms with Crippen molar-refractivity contribution in [3.8, 4) is 0 Å². The first-order valence-electron chi connectivity index (χ1n) is 8.89. The molecule has 0 aliphatic rings. The van der Waals surface area contributed by atoms with Gasteiger partial charge in [-0.05, 0) is 31.6 Å². The Kier molecular flexibility index (Phi) is 20.2. The summed E-state index contributed by atoms with van der Waals surface area (Å²) in [4.78, 5) is 0. The molecule has 0 spiro atoms. The van der Waals surface area contributed by atoms with Crippen LogP contribution in [-0.2, 0) is 10.8 Å². The quantitative estimate of drug-likeness (QED) is 0.504. The van der Waals surface area contributed by atoms with Crippen LogP contribution < -0.4 is 0 Å². The van der Waals surface area contributed by atoms with Crippen LogP contribution in [0.2, 0.25) is 0 Å². The first-order chi connectivity index (χ1) is 9.93. The third kappa shape index (κ3) is 25.4. The van der Waals surface area contributed by atoms with Crippen molar-refractivity contribution in [2.75, 3.05) is 18.1 Å². The SMILES string of the molecule is CC(C)CCCCCS(=O)CCCCCC(C)C.CCO. The lowest BCUT2D eigenvalue weighted by molar-refractivity contribution is 0.318. The maximum Gasteiger partial charge on any atom is 0.0402 e. The van der Waals surface area contributed by atoms with Crippen molar-refractivity contribution in [2.24, 2.45) is 11.8 Å². The summed E-state index contributed by atoms with van der Waals surface area (Å²) in [5.41, 5.74) is 0. The van der Waals surface area contributed by atoms with Gasteiger partial charge in [0.25, 0.3) is 0 Å². The van der Waals surface area contributed by atoms with Crippen LogP contribution >= 0.6 is 0 Å². The van der Waals surface area contributed by atoms with Crippen LogP contribution in [0, 0.1) is 11.8 Å². The van der Waals surface area contributed by atoms with Gasteiger partial charge in [0.05, 0.1) is 0 Å². The Balaban J connectivity index is 0. The Morgan fingerprint density at radius 2 is 1.10 bits per heavy atom. The molecule has 21 heavy (non-hydrogen) atoms. The van der Waals surface area contributed by atoms with Gasteiger partial charge < -0.3 is 5.11 Å². The van der Waals surface area contributed by atoms with E-state index in [0.717, 1.165) is 36.2 Å². The van der Waals surface area contributed by atoms with Gasteiger partial charge in [0.15, 0.2) is 0 Å². The van der Waals surface area contributed by atoms with E-state index in [9.17, 15) is 4.21 Å². The number of hydrogen-bond donors (Lipinski definition) is 1. The smallest absolute Gasteiger partial charge is 0.0402 e. The van der Waals surface area contributed by atoms with Crippen LogP contribution in [0.3, 0.4) is 0 Å². The Morgan fingerprint density at radius 3 is 1.38 bits per heavy atom. The van der Waals surface area contributed by atoms with Crippen LogP contribution in [0.5, 0.6) is 0 Å². The minimum atomic E-state index is -0.548. The summed E-state index contributed by atoms with van der Waals surface area (Å²) in [6.45, 7) is 11.0. The van der Waals surface area contributed by atoms with E-state index in [0.29, 0.717) is 0 Å². The van der Waals surface area contributed by atoms with Gasteiger partial charge in [0, 0.05) is 28.9 Å². The molecule has 1 N–H and O–H groups in total. The zero-order valence-electron chi connectivity index (χ0n) is 15.2. The van der Waals surface area contributed by atoms with Gasteiger partial charge in [-0.1, -0.05) is 66.2 Å². The Morgan fingerprint density at radius 1 is 0.762 bits per heavy atom. The molecule has 0 saturated carbocycles. The number of aliphatic hydroxyl groups is 1. The molecule has 2 nitrogen and oxygen atoms in total. The summed E-state index contributed by atoms with van der Waals surface area (Å²) in [6, 6.07) is 0. The van der Waals surface area contributed by atoms with E-state index < -0.39 is 10.8 Å². The molecule has 0 aromatic rings. The molecular weight excluding hydrogens is 280 g/mol. The molecule has 0 unspecified atom stereocenters. The molecule has 0 atom stereocenters. The van der Waals surface area contributed by atoms with Crippen molar-refractivity contribution in [1.82, 2.24) is 0 Å². The zero-order chi connectivity index (χ0) is 16.5. The molecular formula is C18H40O2S. The van der Waals surface area contributed by atoms with E-state index in [1.807, 2.05) is 0 Å². The second-order valence-electron chi connectivity index (χ2n) is 6.65. The van der Waals surface area contributed by atoms with E-state index in [2.05, 4.69) is 27.7 Å². The van der Waals surface area contributed by atoms with Gasteiger partial charge in [0.1, 0.15) is 0 Å². The number of hydrogen-bond acceptors (Lipinski definition) is 2. The first kappa shape index (κ1) is 23.4. The standard InChI is InChI=1S/C16H34OS.C2H6O/c1-15(2)11-7-5-9-13-18(17)14-10-6-8-12-16(3)4;1-2-3/h15-16H,5-14H2,1-4H3;3H,2H2,1H3. The maximum absolute atomic E-state index is 11.7. The van der Waals surface area contributed by atoms with Crippen molar-refractivity contribution < 1.29 is 9.32 Å². The van der Waals surface area contributed by atoms with Crippen molar-refractivity contribution in [3.63, 3.8) is 0 Å². The fourth-order valence-corrected chi connectivity index (χ4v) is 3.34. The van der Waals surface area contributed by atoms with Crippen LogP contribution in [0.1, 0.15) is 86.0 Å². The Labute approximate surface area is 136 Å². The average Bonchev–Trinajstić information content (AvgIpc) is 2.38. The molecule has 0 fully saturated rings. The molecule has 0 aliphatic heterocycles. The lowest BCUT2D eigenvalue weighted by atomic mass is 10.1. The molecule has 0 bridgehead atoms. The molecule has 0 aromatic heterocycles. The summed E-state index contributed by atoms with van der Waals surface area (Å²) in [5.74, 6) is 3.50. The number of unbranched alkanes of at least 4 members (excludes halogenated alkanes) is 4. The van der Waals surface area contributed by atoms with Gasteiger partial charge in [-0.2, -0.15) is 0 Å². The normalized spacial score (nSPS) is 11.1. The lowest BCUT2D eigenvalue weighted by Gasteiger charge is -2.06. The predicted octanol–water partition coefficient (Wildman–Crippen LogP) is 5.17. The van der Waals surface area contributed by atoms with Crippen LogP contribution in [0.4, 0.5) is 0 Å². The minimum absolute atomic E-state index is 0.250. The minimum Gasteiger partial charge on any atom is -0.397 e. The highest BCUT2D eigenvalue weighted by Gasteiger charge is 2.01. The van der Waals surface area contributed by atoms with Gasteiger partial charge in [-0.25, -0.2) is 0 Å². The molecule has 0 heterocycles. The molecule has 0 rings (SSSR count). The fraction of sp³-hybridized carbons (Fsp3) is 1.00. The molecule has 0 aromatic carbocycles. The zero-order valence-corrected chi connectivity index (χ0v) is 16.0. The van der Waals surface area contributed by atoms with Gasteiger partial charge >= 0.3 is 0 Å². The third-order valence-corrected chi connectivity index (χ3v) is 4.79. The fourth-order valence-electron chi connectivity index (χ4n) is 2.09. The van der Waals surface area contributed by atoms with E-state index in [-0.39, 0.29) is 6.61 Å². The summed E-state index contributed by atoms with van der Waals surface area (Å²) >= 11 is 0. The van der Waals surface area contributed by atoms with E-state index >= 15 is 0 Å². The Hall–Kier alpha value is 0.110. The first-order valence-corrected chi connectivity index (χ1v) is 10.4. The molecule has 0 amide bonds. The molecule has 0 aliphatic carbocycles. The molecule has 130 valence electrons. The highest BCUT2D eigenvalue weighted by molar-refractivity contribution is 7.84. The van der Waals surface area contributed by atoms with Crippen LogP contribution in [0.25, 0.3) is 0 Å². The van der Waals surface area contributed by atoms with Crippen molar-refractivity contribution in [3.05, 3.63) is 0 Å². The summed E-state index contributed by atoms with van der Waals surface area (Å²) in [6.07, 6.45) is 10.1. The van der Waals surface area contributed by atoms with E-state index in [4.69, 9.17) is 5.11 Å². The molecule has 0 radical (unpaired) electrons. The topological polar surface area (TPSA) is 37.3 Å². The number of rotatable bonds is 12. The maximum atomic E-state index is 11.7. The third-order valence-electron chi connectivity index (χ3n) is 3.31. The molecule has 0 saturated heterocycles. The summed E-state index contributed by atoms with van der Waals surface area (Å²) in [5, 5.41) is 7.57. The average molecular weight is 321 g/mol. The predicted molar refractivity (Wildman–Crippen MR) is 97.2 cm³/mol. The summed E-state index contributed by atoms with van der Waals surface area (Å²) in [7, 11) is -0.548. The van der Waals surface area contributed by atoms with Crippen LogP contribution in [-0.4, -0.2) is 27.4 Å². The van der Waals surface area contributed by atoms with Crippen molar-refractivity contribution >= 4 is 10.8 Å². The largest absolute Gasteiger partial charge is 0.397 e. The monoisotopic (exact) mass is 320 g/mol. The van der Waals surface area contributed by atoms with E-state index in [1.54, 1.807) is 6.92 Å². The molecule has 3 heteroatoms. The second kappa shape index (κ2) is 18.2. The second-order valence-corrected chi connectivity index (χ2v) is 8.35. The Bertz CT molecular complexity index is 195. The highest BCUT2D eigenvalue weighted by atomic mass is 32.2. The number of aliphatic hydroxyl groups excluding tert-OH is 1. The van der Waals surface area contributed by atoms with Crippen LogP contribution in [0.15, 0.2) is 0 Å². The van der Waals surface area contributed by atoms with Gasteiger partial charge in [0.2, 0.25) is 0 Å². The van der Waals surface area contributed by atoms with Gasteiger partial charge in [-0.15, -0.1) is 0 Å². The van der Waals surface area contributed by atoms with Gasteiger partial charge in [-0.3, -0.25) is 4.21 Å². The van der Waals surface area contributed by atoms with Crippen molar-refractivity contribution in [1.29, 1.82) is 0 Å². The lowest BCUT2D eigenvalue weighted by Crippen LogP contribution is -2.03. The summed E-state index contributed by atoms with van der Waals surface area (Å²) < 4.78 is 11.7. The van der Waals surface area contributed by atoms with E-state index in [1.165, 1.54) is 38.5 Å². The van der Waals surface area contributed by atoms with Crippen molar-refractivity contribution in [2.45, 2.75) is 86.0 Å². The highest BCUT2D eigenvalue weighted by Crippen LogP contribution is 2.10.